The Balaban J connectivity index is 2.58. The van der Waals surface area contributed by atoms with E-state index in [-0.39, 0.29) is 5.91 Å². The zero-order valence-corrected chi connectivity index (χ0v) is 12.3. The maximum atomic E-state index is 12.0. The summed E-state index contributed by atoms with van der Waals surface area (Å²) < 4.78 is 26.4. The second kappa shape index (κ2) is 6.47. The minimum atomic E-state index is -3.40. The van der Waals surface area contributed by atoms with Crippen molar-refractivity contribution in [1.29, 1.82) is 0 Å². The molecule has 8 heteroatoms. The Kier molecular flexibility index (Phi) is 5.48. The molecule has 1 fully saturated rings. The van der Waals surface area contributed by atoms with Gasteiger partial charge in [0.05, 0.1) is 6.04 Å². The van der Waals surface area contributed by atoms with Crippen molar-refractivity contribution in [2.24, 2.45) is 5.73 Å². The lowest BCUT2D eigenvalue weighted by atomic mass is 10.2. The number of nitrogens with zero attached hydrogens (tertiary/aromatic N) is 3. The van der Waals surface area contributed by atoms with E-state index >= 15 is 0 Å². The Hall–Kier alpha value is -0.960. The van der Waals surface area contributed by atoms with Crippen LogP contribution >= 0.6 is 0 Å². The quantitative estimate of drug-likeness (QED) is 0.647. The first kappa shape index (κ1) is 16.1. The molecule has 0 aromatic carbocycles. The summed E-state index contributed by atoms with van der Waals surface area (Å²) in [7, 11) is -0.412. The average Bonchev–Trinajstić information content (AvgIpc) is 2.38. The van der Waals surface area contributed by atoms with E-state index in [4.69, 9.17) is 5.73 Å². The van der Waals surface area contributed by atoms with Gasteiger partial charge in [-0.1, -0.05) is 6.08 Å². The van der Waals surface area contributed by atoms with Gasteiger partial charge in [0.2, 0.25) is 5.91 Å². The summed E-state index contributed by atoms with van der Waals surface area (Å²) in [4.78, 5) is 13.6. The predicted molar refractivity (Wildman–Crippen MR) is 73.5 cm³/mol. The summed E-state index contributed by atoms with van der Waals surface area (Å²) in [6, 6.07) is -0.588. The topological polar surface area (TPSA) is 87.0 Å². The highest BCUT2D eigenvalue weighted by atomic mass is 32.2. The van der Waals surface area contributed by atoms with Crippen LogP contribution in [0.1, 0.15) is 6.42 Å². The molecule has 19 heavy (non-hydrogen) atoms. The second-order valence-corrected chi connectivity index (χ2v) is 6.79. The van der Waals surface area contributed by atoms with Crippen molar-refractivity contribution in [3.8, 4) is 0 Å². The molecule has 1 unspecified atom stereocenters. The van der Waals surface area contributed by atoms with Gasteiger partial charge in [-0.3, -0.25) is 4.79 Å². The molecule has 0 bridgehead atoms. The maximum Gasteiger partial charge on any atom is 0.281 e. The van der Waals surface area contributed by atoms with E-state index in [1.165, 1.54) is 22.7 Å². The fraction of sp³-hybridized carbons (Fsp3) is 0.727. The highest BCUT2D eigenvalue weighted by Gasteiger charge is 2.31. The van der Waals surface area contributed by atoms with Crippen LogP contribution in [0.4, 0.5) is 0 Å². The van der Waals surface area contributed by atoms with Crippen LogP contribution < -0.4 is 5.73 Å². The first-order valence-corrected chi connectivity index (χ1v) is 7.53. The molecule has 1 saturated heterocycles. The van der Waals surface area contributed by atoms with Gasteiger partial charge in [0.1, 0.15) is 0 Å². The number of carbonyl (C=O) groups excluding carboxylic acids is 1. The molecule has 1 atom stereocenters. The molecule has 1 amide bonds. The van der Waals surface area contributed by atoms with E-state index in [9.17, 15) is 13.2 Å². The maximum absolute atomic E-state index is 12.0. The lowest BCUT2D eigenvalue weighted by molar-refractivity contribution is -0.133. The molecular formula is C11H22N4O3S. The summed E-state index contributed by atoms with van der Waals surface area (Å²) in [6.45, 7) is 4.89. The third kappa shape index (κ3) is 3.75. The van der Waals surface area contributed by atoms with Gasteiger partial charge in [-0.15, -0.1) is 6.58 Å². The first-order valence-electron chi connectivity index (χ1n) is 6.13. The summed E-state index contributed by atoms with van der Waals surface area (Å²) in [6.07, 6.45) is 2.03. The molecule has 0 radical (unpaired) electrons. The first-order chi connectivity index (χ1) is 8.80. The number of piperazine rings is 1. The third-order valence-electron chi connectivity index (χ3n) is 3.08. The minimum Gasteiger partial charge on any atom is -0.339 e. The van der Waals surface area contributed by atoms with Crippen molar-refractivity contribution in [3.05, 3.63) is 12.7 Å². The molecule has 110 valence electrons. The van der Waals surface area contributed by atoms with Gasteiger partial charge in [0.25, 0.3) is 10.2 Å². The average molecular weight is 290 g/mol. The molecule has 0 aromatic heterocycles. The van der Waals surface area contributed by atoms with Crippen LogP contribution in [0, 0.1) is 0 Å². The van der Waals surface area contributed by atoms with Gasteiger partial charge in [0.15, 0.2) is 0 Å². The summed E-state index contributed by atoms with van der Waals surface area (Å²) in [5, 5.41) is 0. The van der Waals surface area contributed by atoms with E-state index in [0.717, 1.165) is 0 Å². The van der Waals surface area contributed by atoms with E-state index < -0.39 is 16.3 Å². The molecule has 1 aliphatic rings. The molecule has 0 aromatic rings. The van der Waals surface area contributed by atoms with Gasteiger partial charge in [0, 0.05) is 40.3 Å². The fourth-order valence-corrected chi connectivity index (χ4v) is 2.97. The SMILES string of the molecule is C=CCC(N)C(=O)N1CCN(S(=O)(=O)N(C)C)CC1. The molecule has 0 saturated carbocycles. The van der Waals surface area contributed by atoms with Crippen molar-refractivity contribution in [3.63, 3.8) is 0 Å². The number of carbonyl (C=O) groups is 1. The number of amides is 1. The monoisotopic (exact) mass is 290 g/mol. The van der Waals surface area contributed by atoms with E-state index in [2.05, 4.69) is 6.58 Å². The third-order valence-corrected chi connectivity index (χ3v) is 5.02. The van der Waals surface area contributed by atoms with Crippen LogP contribution in [0.5, 0.6) is 0 Å². The molecule has 1 aliphatic heterocycles. The number of hydrogen-bond acceptors (Lipinski definition) is 4. The summed E-state index contributed by atoms with van der Waals surface area (Å²) >= 11 is 0. The Bertz CT molecular complexity index is 427. The van der Waals surface area contributed by atoms with Gasteiger partial charge >= 0.3 is 0 Å². The minimum absolute atomic E-state index is 0.151. The van der Waals surface area contributed by atoms with Crippen molar-refractivity contribution in [2.75, 3.05) is 40.3 Å². The van der Waals surface area contributed by atoms with E-state index in [0.29, 0.717) is 32.6 Å². The van der Waals surface area contributed by atoms with E-state index in [1.54, 1.807) is 11.0 Å². The zero-order chi connectivity index (χ0) is 14.6. The summed E-state index contributed by atoms with van der Waals surface area (Å²) in [5.41, 5.74) is 5.72. The smallest absolute Gasteiger partial charge is 0.281 e. The molecule has 0 aliphatic carbocycles. The number of rotatable bonds is 5. The summed E-state index contributed by atoms with van der Waals surface area (Å²) in [5.74, 6) is -0.151. The van der Waals surface area contributed by atoms with Crippen LogP contribution in [-0.4, -0.2) is 74.2 Å². The lowest BCUT2D eigenvalue weighted by Gasteiger charge is -2.36. The molecule has 7 nitrogen and oxygen atoms in total. The van der Waals surface area contributed by atoms with E-state index in [1.807, 2.05) is 0 Å². The Morgan fingerprint density at radius 1 is 1.37 bits per heavy atom. The molecule has 1 heterocycles. The van der Waals surface area contributed by atoms with Crippen LogP contribution in [0.15, 0.2) is 12.7 Å². The van der Waals surface area contributed by atoms with Gasteiger partial charge < -0.3 is 10.6 Å². The fourth-order valence-electron chi connectivity index (χ4n) is 1.89. The van der Waals surface area contributed by atoms with Crippen molar-refractivity contribution >= 4 is 16.1 Å². The Labute approximate surface area is 114 Å². The van der Waals surface area contributed by atoms with Crippen LogP contribution in [0.3, 0.4) is 0 Å². The van der Waals surface area contributed by atoms with Crippen molar-refractivity contribution < 1.29 is 13.2 Å². The standard InChI is InChI=1S/C11H22N4O3S/c1-4-5-10(12)11(16)14-6-8-15(9-7-14)19(17,18)13(2)3/h4,10H,1,5-9,12H2,2-3H3. The highest BCUT2D eigenvalue weighted by Crippen LogP contribution is 2.10. The van der Waals surface area contributed by atoms with Crippen LogP contribution in [0.25, 0.3) is 0 Å². The van der Waals surface area contributed by atoms with Gasteiger partial charge in [-0.05, 0) is 6.42 Å². The van der Waals surface area contributed by atoms with Gasteiger partial charge in [-0.2, -0.15) is 17.0 Å². The van der Waals surface area contributed by atoms with Crippen LogP contribution in [0.2, 0.25) is 0 Å². The molecule has 2 N–H and O–H groups in total. The van der Waals surface area contributed by atoms with Crippen molar-refractivity contribution in [1.82, 2.24) is 13.5 Å². The molecule has 0 spiro atoms. The number of hydrogen-bond donors (Lipinski definition) is 1. The molecule has 1 rings (SSSR count). The highest BCUT2D eigenvalue weighted by molar-refractivity contribution is 7.86. The normalized spacial score (nSPS) is 19.5. The number of nitrogens with two attached hydrogens (primary N) is 1. The van der Waals surface area contributed by atoms with Crippen LogP contribution in [-0.2, 0) is 15.0 Å². The Morgan fingerprint density at radius 2 is 1.89 bits per heavy atom. The lowest BCUT2D eigenvalue weighted by Crippen LogP contribution is -2.55. The Morgan fingerprint density at radius 3 is 2.32 bits per heavy atom. The molecular weight excluding hydrogens is 268 g/mol. The zero-order valence-electron chi connectivity index (χ0n) is 11.4. The largest absolute Gasteiger partial charge is 0.339 e. The predicted octanol–water partition coefficient (Wildman–Crippen LogP) is -1.16. The van der Waals surface area contributed by atoms with Gasteiger partial charge in [-0.25, -0.2) is 0 Å². The second-order valence-electron chi connectivity index (χ2n) is 4.65. The van der Waals surface area contributed by atoms with Crippen molar-refractivity contribution in [2.45, 2.75) is 12.5 Å².